The molecule has 0 saturated carbocycles. The number of nitrogens with one attached hydrogen (secondary N) is 1. The Morgan fingerprint density at radius 1 is 1.44 bits per heavy atom. The van der Waals surface area contributed by atoms with E-state index in [-0.39, 0.29) is 0 Å². The van der Waals surface area contributed by atoms with Crippen molar-refractivity contribution in [1.29, 1.82) is 0 Å². The highest BCUT2D eigenvalue weighted by Crippen LogP contribution is 2.12. The Morgan fingerprint density at radius 3 is 2.94 bits per heavy atom. The van der Waals surface area contributed by atoms with Gasteiger partial charge >= 0.3 is 0 Å². The third kappa shape index (κ3) is 2.04. The summed E-state index contributed by atoms with van der Waals surface area (Å²) in [6, 6.07) is 2.05. The third-order valence-corrected chi connectivity index (χ3v) is 2.61. The summed E-state index contributed by atoms with van der Waals surface area (Å²) in [5.74, 6) is 0.958. The van der Waals surface area contributed by atoms with Crippen molar-refractivity contribution in [2.45, 2.75) is 26.7 Å². The molecule has 0 aromatic carbocycles. The monoisotopic (exact) mass is 234 g/mol. The Morgan fingerprint density at radius 2 is 2.25 bits per heavy atom. The standard InChI is InChI=1S/C11H14N4S/c1-3-4-10-13-14-11(16)15(10)9-5-8(2)6-12-7-9/h5-7H,3-4H2,1-2H3,(H,14,16). The second kappa shape index (κ2) is 4.57. The van der Waals surface area contributed by atoms with Gasteiger partial charge < -0.3 is 0 Å². The topological polar surface area (TPSA) is 46.5 Å². The molecule has 0 radical (unpaired) electrons. The Hall–Kier alpha value is -1.49. The molecule has 2 aromatic heterocycles. The number of hydrogen-bond acceptors (Lipinski definition) is 3. The number of H-pyrrole nitrogens is 1. The summed E-state index contributed by atoms with van der Waals surface area (Å²) in [7, 11) is 0. The summed E-state index contributed by atoms with van der Waals surface area (Å²) < 4.78 is 2.56. The van der Waals surface area contributed by atoms with Crippen LogP contribution in [0.2, 0.25) is 0 Å². The largest absolute Gasteiger partial charge is 0.271 e. The highest BCUT2D eigenvalue weighted by atomic mass is 32.1. The van der Waals surface area contributed by atoms with Gasteiger partial charge in [0.2, 0.25) is 0 Å². The maximum Gasteiger partial charge on any atom is 0.199 e. The first-order valence-corrected chi connectivity index (χ1v) is 5.71. The van der Waals surface area contributed by atoms with Crippen molar-refractivity contribution in [2.24, 2.45) is 0 Å². The van der Waals surface area contributed by atoms with Gasteiger partial charge in [0.15, 0.2) is 4.77 Å². The van der Waals surface area contributed by atoms with Gasteiger partial charge in [-0.25, -0.2) is 0 Å². The number of nitrogens with zero attached hydrogens (tertiary/aromatic N) is 3. The number of pyridine rings is 1. The van der Waals surface area contributed by atoms with Gasteiger partial charge in [0, 0.05) is 12.6 Å². The van der Waals surface area contributed by atoms with E-state index in [4.69, 9.17) is 12.2 Å². The van der Waals surface area contributed by atoms with Crippen molar-refractivity contribution in [3.8, 4) is 5.69 Å². The number of hydrogen-bond donors (Lipinski definition) is 1. The first-order chi connectivity index (χ1) is 7.72. The molecule has 0 bridgehead atoms. The summed E-state index contributed by atoms with van der Waals surface area (Å²) in [5.41, 5.74) is 2.09. The summed E-state index contributed by atoms with van der Waals surface area (Å²) >= 11 is 5.23. The van der Waals surface area contributed by atoms with E-state index in [2.05, 4.69) is 28.2 Å². The zero-order valence-corrected chi connectivity index (χ0v) is 10.2. The van der Waals surface area contributed by atoms with Crippen molar-refractivity contribution in [1.82, 2.24) is 19.7 Å². The van der Waals surface area contributed by atoms with Gasteiger partial charge in [-0.15, -0.1) is 0 Å². The molecule has 0 unspecified atom stereocenters. The minimum absolute atomic E-state index is 0.621. The van der Waals surface area contributed by atoms with Crippen molar-refractivity contribution in [3.63, 3.8) is 0 Å². The molecule has 1 N–H and O–H groups in total. The van der Waals surface area contributed by atoms with Crippen LogP contribution in [-0.4, -0.2) is 19.7 Å². The van der Waals surface area contributed by atoms with Crippen molar-refractivity contribution < 1.29 is 0 Å². The van der Waals surface area contributed by atoms with E-state index in [1.165, 1.54) is 0 Å². The van der Waals surface area contributed by atoms with Crippen LogP contribution in [0.25, 0.3) is 5.69 Å². The van der Waals surface area contributed by atoms with E-state index < -0.39 is 0 Å². The molecule has 2 rings (SSSR count). The fourth-order valence-electron chi connectivity index (χ4n) is 1.65. The van der Waals surface area contributed by atoms with Crippen LogP contribution in [0.1, 0.15) is 24.7 Å². The zero-order valence-electron chi connectivity index (χ0n) is 9.40. The lowest BCUT2D eigenvalue weighted by atomic mass is 10.3. The summed E-state index contributed by atoms with van der Waals surface area (Å²) in [6.45, 7) is 4.14. The van der Waals surface area contributed by atoms with E-state index >= 15 is 0 Å². The molecule has 0 spiro atoms. The molecular formula is C11H14N4S. The molecular weight excluding hydrogens is 220 g/mol. The third-order valence-electron chi connectivity index (χ3n) is 2.33. The second-order valence-corrected chi connectivity index (χ2v) is 4.14. The van der Waals surface area contributed by atoms with Gasteiger partial charge in [0.05, 0.1) is 11.9 Å². The fraction of sp³-hybridized carbons (Fsp3) is 0.364. The molecule has 5 heteroatoms. The van der Waals surface area contributed by atoms with Crippen LogP contribution in [0.4, 0.5) is 0 Å². The summed E-state index contributed by atoms with van der Waals surface area (Å²) in [6.07, 6.45) is 5.57. The summed E-state index contributed by atoms with van der Waals surface area (Å²) in [4.78, 5) is 4.17. The highest BCUT2D eigenvalue weighted by molar-refractivity contribution is 7.71. The summed E-state index contributed by atoms with van der Waals surface area (Å²) in [5, 5.41) is 7.06. The van der Waals surface area contributed by atoms with Crippen LogP contribution in [0.3, 0.4) is 0 Å². The Kier molecular flexibility index (Phi) is 3.14. The molecule has 0 aliphatic heterocycles. The smallest absolute Gasteiger partial charge is 0.199 e. The number of aromatic amines is 1. The predicted molar refractivity (Wildman–Crippen MR) is 65.3 cm³/mol. The molecule has 0 aliphatic rings. The zero-order chi connectivity index (χ0) is 11.5. The lowest BCUT2D eigenvalue weighted by Gasteiger charge is -2.05. The van der Waals surface area contributed by atoms with E-state index in [1.807, 2.05) is 17.7 Å². The predicted octanol–water partition coefficient (Wildman–Crippen LogP) is 2.59. The van der Waals surface area contributed by atoms with Crippen LogP contribution in [0, 0.1) is 11.7 Å². The Bertz CT molecular complexity index is 541. The van der Waals surface area contributed by atoms with E-state index in [0.717, 1.165) is 29.9 Å². The van der Waals surface area contributed by atoms with Crippen molar-refractivity contribution >= 4 is 12.2 Å². The van der Waals surface area contributed by atoms with E-state index in [9.17, 15) is 0 Å². The lowest BCUT2D eigenvalue weighted by molar-refractivity contribution is 0.799. The molecule has 16 heavy (non-hydrogen) atoms. The number of rotatable bonds is 3. The first-order valence-electron chi connectivity index (χ1n) is 5.30. The van der Waals surface area contributed by atoms with Crippen LogP contribution < -0.4 is 0 Å². The number of aryl methyl sites for hydroxylation is 2. The Labute approximate surface area is 99.4 Å². The minimum atomic E-state index is 0.621. The van der Waals surface area contributed by atoms with Gasteiger partial charge in [-0.2, -0.15) is 5.10 Å². The SMILES string of the molecule is CCCc1n[nH]c(=S)n1-c1cncc(C)c1. The average molecular weight is 234 g/mol. The normalized spacial score (nSPS) is 10.6. The van der Waals surface area contributed by atoms with Crippen LogP contribution >= 0.6 is 12.2 Å². The minimum Gasteiger partial charge on any atom is -0.271 e. The molecule has 0 amide bonds. The van der Waals surface area contributed by atoms with Gasteiger partial charge in [-0.1, -0.05) is 6.92 Å². The van der Waals surface area contributed by atoms with Gasteiger partial charge in [-0.05, 0) is 37.2 Å². The average Bonchev–Trinajstić information content (AvgIpc) is 2.60. The van der Waals surface area contributed by atoms with Gasteiger partial charge in [-0.3, -0.25) is 14.6 Å². The maximum atomic E-state index is 5.23. The van der Waals surface area contributed by atoms with Crippen molar-refractivity contribution in [3.05, 3.63) is 34.6 Å². The van der Waals surface area contributed by atoms with E-state index in [1.54, 1.807) is 6.20 Å². The molecule has 0 aliphatic carbocycles. The van der Waals surface area contributed by atoms with Gasteiger partial charge in [0.25, 0.3) is 0 Å². The van der Waals surface area contributed by atoms with Crippen LogP contribution in [0.5, 0.6) is 0 Å². The fourth-order valence-corrected chi connectivity index (χ4v) is 1.90. The lowest BCUT2D eigenvalue weighted by Crippen LogP contribution is -2.02. The molecule has 0 atom stereocenters. The first kappa shape index (κ1) is 11.0. The molecule has 2 heterocycles. The van der Waals surface area contributed by atoms with Crippen LogP contribution in [0.15, 0.2) is 18.5 Å². The molecule has 0 fully saturated rings. The molecule has 84 valence electrons. The van der Waals surface area contributed by atoms with Crippen molar-refractivity contribution in [2.75, 3.05) is 0 Å². The quantitative estimate of drug-likeness (QED) is 0.830. The second-order valence-electron chi connectivity index (χ2n) is 3.75. The Balaban J connectivity index is 2.54. The van der Waals surface area contributed by atoms with E-state index in [0.29, 0.717) is 4.77 Å². The molecule has 4 nitrogen and oxygen atoms in total. The number of aromatic nitrogens is 4. The maximum absolute atomic E-state index is 5.23. The highest BCUT2D eigenvalue weighted by Gasteiger charge is 2.07. The van der Waals surface area contributed by atoms with Gasteiger partial charge in [0.1, 0.15) is 5.82 Å². The molecule has 0 saturated heterocycles. The van der Waals surface area contributed by atoms with Crippen LogP contribution in [-0.2, 0) is 6.42 Å². The molecule has 2 aromatic rings.